The van der Waals surface area contributed by atoms with Gasteiger partial charge in [0.1, 0.15) is 5.69 Å². The average Bonchev–Trinajstić information content (AvgIpc) is 2.14. The summed E-state index contributed by atoms with van der Waals surface area (Å²) in [5.74, 6) is -0.177. The van der Waals surface area contributed by atoms with Gasteiger partial charge in [-0.05, 0) is 18.6 Å². The maximum atomic E-state index is 11.3. The number of nitrogens with one attached hydrogen (secondary N) is 1. The molecule has 1 amide bonds. The molecule has 0 unspecified atom stereocenters. The van der Waals surface area contributed by atoms with Crippen LogP contribution in [0.1, 0.15) is 23.8 Å². The number of amides is 1. The van der Waals surface area contributed by atoms with E-state index < -0.39 is 0 Å². The van der Waals surface area contributed by atoms with Gasteiger partial charge < -0.3 is 5.32 Å². The molecule has 0 saturated carbocycles. The molecule has 0 aliphatic heterocycles. The van der Waals surface area contributed by atoms with E-state index in [1.807, 2.05) is 6.92 Å². The Morgan fingerprint density at radius 1 is 1.69 bits per heavy atom. The van der Waals surface area contributed by atoms with Gasteiger partial charge in [-0.15, -0.1) is 0 Å². The maximum absolute atomic E-state index is 11.3. The lowest BCUT2D eigenvalue weighted by molar-refractivity contribution is 0.0948. The predicted molar refractivity (Wildman–Crippen MR) is 51.9 cm³/mol. The molecule has 1 rings (SSSR count). The van der Waals surface area contributed by atoms with Crippen molar-refractivity contribution in [2.75, 3.05) is 6.54 Å². The highest BCUT2D eigenvalue weighted by atomic mass is 35.5. The van der Waals surface area contributed by atoms with Crippen molar-refractivity contribution in [3.05, 3.63) is 29.0 Å². The first-order chi connectivity index (χ1) is 6.24. The molecule has 0 aliphatic rings. The molecule has 0 bridgehead atoms. The van der Waals surface area contributed by atoms with E-state index in [2.05, 4.69) is 10.3 Å². The van der Waals surface area contributed by atoms with Crippen LogP contribution < -0.4 is 5.32 Å². The highest BCUT2D eigenvalue weighted by Gasteiger charge is 2.05. The van der Waals surface area contributed by atoms with Crippen molar-refractivity contribution < 1.29 is 4.79 Å². The zero-order valence-corrected chi connectivity index (χ0v) is 8.14. The zero-order chi connectivity index (χ0) is 9.68. The van der Waals surface area contributed by atoms with E-state index in [1.54, 1.807) is 12.1 Å². The molecule has 0 aliphatic carbocycles. The lowest BCUT2D eigenvalue weighted by Gasteiger charge is -2.01. The van der Waals surface area contributed by atoms with Crippen LogP contribution in [0.15, 0.2) is 18.3 Å². The summed E-state index contributed by atoms with van der Waals surface area (Å²) in [6.07, 6.45) is 2.43. The first-order valence-electron chi connectivity index (χ1n) is 4.13. The van der Waals surface area contributed by atoms with E-state index in [0.29, 0.717) is 17.3 Å². The Morgan fingerprint density at radius 3 is 3.08 bits per heavy atom. The van der Waals surface area contributed by atoms with Crippen molar-refractivity contribution in [1.29, 1.82) is 0 Å². The first kappa shape index (κ1) is 9.99. The van der Waals surface area contributed by atoms with E-state index in [9.17, 15) is 4.79 Å². The van der Waals surface area contributed by atoms with Crippen LogP contribution in [-0.4, -0.2) is 17.4 Å². The molecule has 70 valence electrons. The minimum Gasteiger partial charge on any atom is -0.351 e. The van der Waals surface area contributed by atoms with Crippen LogP contribution in [0.2, 0.25) is 5.02 Å². The molecule has 0 atom stereocenters. The van der Waals surface area contributed by atoms with Crippen molar-refractivity contribution >= 4 is 17.5 Å². The second-order valence-electron chi connectivity index (χ2n) is 2.62. The van der Waals surface area contributed by atoms with Crippen molar-refractivity contribution in [2.24, 2.45) is 0 Å². The number of pyridine rings is 1. The van der Waals surface area contributed by atoms with Gasteiger partial charge >= 0.3 is 0 Å². The second-order valence-corrected chi connectivity index (χ2v) is 3.05. The molecular formula is C9H11ClN2O. The highest BCUT2D eigenvalue weighted by molar-refractivity contribution is 6.30. The molecule has 0 radical (unpaired) electrons. The molecule has 0 saturated heterocycles. The third kappa shape index (κ3) is 3.03. The molecule has 1 heterocycles. The summed E-state index contributed by atoms with van der Waals surface area (Å²) < 4.78 is 0. The summed E-state index contributed by atoms with van der Waals surface area (Å²) in [6.45, 7) is 2.65. The lowest BCUT2D eigenvalue weighted by atomic mass is 10.3. The summed E-state index contributed by atoms with van der Waals surface area (Å²) >= 11 is 5.70. The number of halogens is 1. The SMILES string of the molecule is CCCNC(=O)c1cc(Cl)ccn1. The normalized spacial score (nSPS) is 9.69. The highest BCUT2D eigenvalue weighted by Crippen LogP contribution is 2.07. The topological polar surface area (TPSA) is 42.0 Å². The molecule has 1 aromatic rings. The van der Waals surface area contributed by atoms with Crippen molar-refractivity contribution in [2.45, 2.75) is 13.3 Å². The number of carbonyl (C=O) groups is 1. The lowest BCUT2D eigenvalue weighted by Crippen LogP contribution is -2.24. The fraction of sp³-hybridized carbons (Fsp3) is 0.333. The smallest absolute Gasteiger partial charge is 0.269 e. The maximum Gasteiger partial charge on any atom is 0.269 e. The van der Waals surface area contributed by atoms with Gasteiger partial charge in [0.05, 0.1) is 0 Å². The Labute approximate surface area is 82.1 Å². The first-order valence-corrected chi connectivity index (χ1v) is 4.51. The Balaban J connectivity index is 2.66. The second kappa shape index (κ2) is 4.82. The van der Waals surface area contributed by atoms with Gasteiger partial charge in [-0.3, -0.25) is 9.78 Å². The minimum atomic E-state index is -0.177. The number of nitrogens with zero attached hydrogens (tertiary/aromatic N) is 1. The Bertz CT molecular complexity index is 301. The number of hydrogen-bond acceptors (Lipinski definition) is 2. The van der Waals surface area contributed by atoms with E-state index in [1.165, 1.54) is 6.20 Å². The molecule has 1 N–H and O–H groups in total. The molecular weight excluding hydrogens is 188 g/mol. The standard InChI is InChI=1S/C9H11ClN2O/c1-2-4-12-9(13)8-6-7(10)3-5-11-8/h3,5-6H,2,4H2,1H3,(H,12,13). The van der Waals surface area contributed by atoms with E-state index in [4.69, 9.17) is 11.6 Å². The molecule has 0 spiro atoms. The number of aromatic nitrogens is 1. The van der Waals surface area contributed by atoms with Gasteiger partial charge in [0.25, 0.3) is 5.91 Å². The van der Waals surface area contributed by atoms with Crippen LogP contribution in [0.3, 0.4) is 0 Å². The van der Waals surface area contributed by atoms with Gasteiger partial charge in [0.15, 0.2) is 0 Å². The predicted octanol–water partition coefficient (Wildman–Crippen LogP) is 1.87. The zero-order valence-electron chi connectivity index (χ0n) is 7.38. The van der Waals surface area contributed by atoms with E-state index in [-0.39, 0.29) is 5.91 Å². The monoisotopic (exact) mass is 198 g/mol. The van der Waals surface area contributed by atoms with Gasteiger partial charge in [-0.25, -0.2) is 0 Å². The summed E-state index contributed by atoms with van der Waals surface area (Å²) in [6, 6.07) is 3.19. The largest absolute Gasteiger partial charge is 0.351 e. The third-order valence-corrected chi connectivity index (χ3v) is 1.73. The van der Waals surface area contributed by atoms with Gasteiger partial charge in [-0.1, -0.05) is 18.5 Å². The summed E-state index contributed by atoms with van der Waals surface area (Å²) in [5.41, 5.74) is 0.362. The van der Waals surface area contributed by atoms with Crippen LogP contribution >= 0.6 is 11.6 Å². The van der Waals surface area contributed by atoms with Crippen molar-refractivity contribution in [1.82, 2.24) is 10.3 Å². The van der Waals surface area contributed by atoms with Crippen LogP contribution in [0.5, 0.6) is 0 Å². The van der Waals surface area contributed by atoms with Crippen LogP contribution in [0, 0.1) is 0 Å². The number of hydrogen-bond donors (Lipinski definition) is 1. The molecule has 1 aromatic heterocycles. The third-order valence-electron chi connectivity index (χ3n) is 1.49. The average molecular weight is 199 g/mol. The van der Waals surface area contributed by atoms with Crippen LogP contribution in [0.4, 0.5) is 0 Å². The Morgan fingerprint density at radius 2 is 2.46 bits per heavy atom. The van der Waals surface area contributed by atoms with Crippen LogP contribution in [0.25, 0.3) is 0 Å². The summed E-state index contributed by atoms with van der Waals surface area (Å²) in [5, 5.41) is 3.24. The fourth-order valence-corrected chi connectivity index (χ4v) is 1.02. The minimum absolute atomic E-state index is 0.177. The van der Waals surface area contributed by atoms with Crippen molar-refractivity contribution in [3.8, 4) is 0 Å². The Hall–Kier alpha value is -1.09. The summed E-state index contributed by atoms with van der Waals surface area (Å²) in [7, 11) is 0. The van der Waals surface area contributed by atoms with Crippen molar-refractivity contribution in [3.63, 3.8) is 0 Å². The molecule has 3 nitrogen and oxygen atoms in total. The molecule has 13 heavy (non-hydrogen) atoms. The molecule has 0 aromatic carbocycles. The Kier molecular flexibility index (Phi) is 3.71. The number of rotatable bonds is 3. The van der Waals surface area contributed by atoms with E-state index >= 15 is 0 Å². The molecule has 0 fully saturated rings. The molecule has 4 heteroatoms. The summed E-state index contributed by atoms with van der Waals surface area (Å²) in [4.78, 5) is 15.2. The quantitative estimate of drug-likeness (QED) is 0.806. The van der Waals surface area contributed by atoms with E-state index in [0.717, 1.165) is 6.42 Å². The van der Waals surface area contributed by atoms with Gasteiger partial charge in [0, 0.05) is 17.8 Å². The van der Waals surface area contributed by atoms with Gasteiger partial charge in [0.2, 0.25) is 0 Å². The fourth-order valence-electron chi connectivity index (χ4n) is 0.858. The van der Waals surface area contributed by atoms with Crippen LogP contribution in [-0.2, 0) is 0 Å². The van der Waals surface area contributed by atoms with Gasteiger partial charge in [-0.2, -0.15) is 0 Å². The number of carbonyl (C=O) groups excluding carboxylic acids is 1.